The van der Waals surface area contributed by atoms with Crippen molar-refractivity contribution < 1.29 is 0 Å². The highest BCUT2D eigenvalue weighted by molar-refractivity contribution is 14.0. The summed E-state index contributed by atoms with van der Waals surface area (Å²) in [4.78, 5) is 11.9. The first kappa shape index (κ1) is 27.0. The molecule has 1 fully saturated rings. The Morgan fingerprint density at radius 3 is 2.17 bits per heavy atom. The molecule has 1 aromatic carbocycles. The van der Waals surface area contributed by atoms with Gasteiger partial charge in [0.1, 0.15) is 0 Å². The van der Waals surface area contributed by atoms with Crippen LogP contribution in [0.5, 0.6) is 0 Å². The molecular formula is C23H43IN6. The van der Waals surface area contributed by atoms with Gasteiger partial charge in [-0.05, 0) is 51.4 Å². The minimum atomic E-state index is 0. The van der Waals surface area contributed by atoms with Crippen molar-refractivity contribution in [1.82, 2.24) is 20.4 Å². The Hall–Kier alpha value is -1.06. The van der Waals surface area contributed by atoms with Gasteiger partial charge < -0.3 is 25.3 Å². The van der Waals surface area contributed by atoms with Crippen molar-refractivity contribution in [1.29, 1.82) is 0 Å². The summed E-state index contributed by atoms with van der Waals surface area (Å²) in [6.07, 6.45) is 3.53. The molecule has 0 amide bonds. The van der Waals surface area contributed by atoms with Crippen LogP contribution in [-0.2, 0) is 0 Å². The molecule has 0 unspecified atom stereocenters. The van der Waals surface area contributed by atoms with Gasteiger partial charge in [-0.25, -0.2) is 0 Å². The summed E-state index contributed by atoms with van der Waals surface area (Å²) in [6, 6.07) is 10.6. The van der Waals surface area contributed by atoms with Crippen LogP contribution in [0.15, 0.2) is 35.3 Å². The van der Waals surface area contributed by atoms with E-state index in [2.05, 4.69) is 74.5 Å². The highest BCUT2D eigenvalue weighted by atomic mass is 127. The lowest BCUT2D eigenvalue weighted by molar-refractivity contribution is 0.136. The molecule has 1 aliphatic rings. The largest absolute Gasteiger partial charge is 0.372 e. The third-order valence-electron chi connectivity index (χ3n) is 5.73. The van der Waals surface area contributed by atoms with Crippen LogP contribution in [0.3, 0.4) is 0 Å². The summed E-state index contributed by atoms with van der Waals surface area (Å²) in [5.41, 5.74) is 1.30. The molecule has 2 N–H and O–H groups in total. The van der Waals surface area contributed by atoms with E-state index in [1.54, 1.807) is 0 Å². The first-order valence-corrected chi connectivity index (χ1v) is 11.5. The zero-order valence-corrected chi connectivity index (χ0v) is 21.6. The molecular weight excluding hydrogens is 487 g/mol. The van der Waals surface area contributed by atoms with Crippen LogP contribution < -0.4 is 15.5 Å². The van der Waals surface area contributed by atoms with Crippen LogP contribution in [0.1, 0.15) is 33.1 Å². The van der Waals surface area contributed by atoms with E-state index >= 15 is 0 Å². The van der Waals surface area contributed by atoms with E-state index in [1.165, 1.54) is 57.8 Å². The fraction of sp³-hybridized carbons (Fsp3) is 0.696. The monoisotopic (exact) mass is 530 g/mol. The van der Waals surface area contributed by atoms with Crippen molar-refractivity contribution >= 4 is 35.6 Å². The van der Waals surface area contributed by atoms with Gasteiger partial charge in [-0.2, -0.15) is 0 Å². The summed E-state index contributed by atoms with van der Waals surface area (Å²) in [6.45, 7) is 15.8. The molecule has 0 saturated carbocycles. The maximum absolute atomic E-state index is 4.35. The number of hydrogen-bond acceptors (Lipinski definition) is 4. The number of unbranched alkanes of at least 4 members (excludes halogenated alkanes) is 1. The molecule has 0 bridgehead atoms. The third kappa shape index (κ3) is 10.3. The lowest BCUT2D eigenvalue weighted by Crippen LogP contribution is -2.46. The van der Waals surface area contributed by atoms with E-state index in [1.807, 2.05) is 7.05 Å². The zero-order valence-electron chi connectivity index (χ0n) is 19.3. The molecule has 1 aromatic rings. The second kappa shape index (κ2) is 16.6. The van der Waals surface area contributed by atoms with Crippen LogP contribution in [0.2, 0.25) is 0 Å². The van der Waals surface area contributed by atoms with Crippen molar-refractivity contribution in [3.8, 4) is 0 Å². The van der Waals surface area contributed by atoms with Gasteiger partial charge in [0, 0.05) is 65.1 Å². The number of guanidine groups is 1. The number of aliphatic imine (C=N–C) groups is 1. The van der Waals surface area contributed by atoms with Gasteiger partial charge in [-0.1, -0.05) is 25.1 Å². The molecule has 30 heavy (non-hydrogen) atoms. The Kier molecular flexibility index (Phi) is 14.9. The van der Waals surface area contributed by atoms with E-state index in [0.717, 1.165) is 38.6 Å². The first-order valence-electron chi connectivity index (χ1n) is 11.5. The predicted octanol–water partition coefficient (Wildman–Crippen LogP) is 3.10. The number of piperazine rings is 1. The number of likely N-dealkylation sites (N-methyl/N-ethyl adjacent to an activating group) is 1. The van der Waals surface area contributed by atoms with Crippen LogP contribution >= 0.6 is 24.0 Å². The Morgan fingerprint density at radius 1 is 0.933 bits per heavy atom. The molecule has 1 aliphatic heterocycles. The van der Waals surface area contributed by atoms with Crippen LogP contribution in [0.25, 0.3) is 0 Å². The van der Waals surface area contributed by atoms with Gasteiger partial charge in [0.05, 0.1) is 0 Å². The Labute approximate surface area is 201 Å². The molecule has 2 rings (SSSR count). The number of halogens is 1. The fourth-order valence-corrected chi connectivity index (χ4v) is 3.80. The van der Waals surface area contributed by atoms with E-state index in [0.29, 0.717) is 0 Å². The molecule has 0 spiro atoms. The van der Waals surface area contributed by atoms with Crippen molar-refractivity contribution in [3.63, 3.8) is 0 Å². The normalized spacial score (nSPS) is 15.5. The van der Waals surface area contributed by atoms with Crippen molar-refractivity contribution in [2.24, 2.45) is 4.99 Å². The standard InChI is InChI=1S/C23H42N6.HI/c1-4-27-18-20-28(21-19-27)16-10-9-14-25-23(24-3)26-15-11-17-29(5-2)22-12-7-6-8-13-22;/h6-8,12-13H,4-5,9-11,14-21H2,1-3H3,(H2,24,25,26);1H. The summed E-state index contributed by atoms with van der Waals surface area (Å²) < 4.78 is 0. The SMILES string of the molecule is CCN1CCN(CCCCNC(=NC)NCCCN(CC)c2ccccc2)CC1.I. The van der Waals surface area contributed by atoms with Gasteiger partial charge in [-0.3, -0.25) is 4.99 Å². The molecule has 172 valence electrons. The summed E-state index contributed by atoms with van der Waals surface area (Å²) in [7, 11) is 1.85. The average Bonchev–Trinajstić information content (AvgIpc) is 2.78. The minimum Gasteiger partial charge on any atom is -0.372 e. The molecule has 0 aliphatic carbocycles. The highest BCUT2D eigenvalue weighted by Crippen LogP contribution is 2.12. The second-order valence-corrected chi connectivity index (χ2v) is 7.68. The van der Waals surface area contributed by atoms with Crippen LogP contribution in [-0.4, -0.2) is 88.3 Å². The second-order valence-electron chi connectivity index (χ2n) is 7.68. The van der Waals surface area contributed by atoms with Crippen molar-refractivity contribution in [2.45, 2.75) is 33.1 Å². The lowest BCUT2D eigenvalue weighted by Gasteiger charge is -2.34. The molecule has 1 heterocycles. The van der Waals surface area contributed by atoms with Crippen molar-refractivity contribution in [3.05, 3.63) is 30.3 Å². The molecule has 6 nitrogen and oxygen atoms in total. The van der Waals surface area contributed by atoms with Gasteiger partial charge in [-0.15, -0.1) is 24.0 Å². The highest BCUT2D eigenvalue weighted by Gasteiger charge is 2.14. The number of benzene rings is 1. The van der Waals surface area contributed by atoms with Crippen LogP contribution in [0.4, 0.5) is 5.69 Å². The van der Waals surface area contributed by atoms with E-state index in [4.69, 9.17) is 0 Å². The zero-order chi connectivity index (χ0) is 20.7. The maximum Gasteiger partial charge on any atom is 0.190 e. The van der Waals surface area contributed by atoms with Crippen LogP contribution in [0, 0.1) is 0 Å². The topological polar surface area (TPSA) is 46.1 Å². The van der Waals surface area contributed by atoms with E-state index in [-0.39, 0.29) is 24.0 Å². The molecule has 0 aromatic heterocycles. The lowest BCUT2D eigenvalue weighted by atomic mass is 10.2. The summed E-state index contributed by atoms with van der Waals surface area (Å²) in [5.74, 6) is 0.921. The summed E-state index contributed by atoms with van der Waals surface area (Å²) in [5, 5.41) is 6.90. The maximum atomic E-state index is 4.35. The van der Waals surface area contributed by atoms with Gasteiger partial charge in [0.2, 0.25) is 0 Å². The average molecular weight is 531 g/mol. The molecule has 0 atom stereocenters. The smallest absolute Gasteiger partial charge is 0.190 e. The Balaban J connectivity index is 0.00000450. The van der Waals surface area contributed by atoms with Crippen molar-refractivity contribution in [2.75, 3.05) is 77.4 Å². The number of anilines is 1. The number of nitrogens with zero attached hydrogens (tertiary/aromatic N) is 4. The van der Waals surface area contributed by atoms with E-state index in [9.17, 15) is 0 Å². The quantitative estimate of drug-likeness (QED) is 0.188. The predicted molar refractivity (Wildman–Crippen MR) is 142 cm³/mol. The minimum absolute atomic E-state index is 0. The van der Waals surface area contributed by atoms with Gasteiger partial charge >= 0.3 is 0 Å². The number of rotatable bonds is 12. The number of hydrogen-bond donors (Lipinski definition) is 2. The molecule has 7 heteroatoms. The Morgan fingerprint density at radius 2 is 1.57 bits per heavy atom. The van der Waals surface area contributed by atoms with Gasteiger partial charge in [0.15, 0.2) is 5.96 Å². The molecule has 1 saturated heterocycles. The number of para-hydroxylation sites is 1. The summed E-state index contributed by atoms with van der Waals surface area (Å²) >= 11 is 0. The Bertz CT molecular complexity index is 560. The van der Waals surface area contributed by atoms with Gasteiger partial charge in [0.25, 0.3) is 0 Å². The third-order valence-corrected chi connectivity index (χ3v) is 5.73. The first-order chi connectivity index (χ1) is 14.3. The van der Waals surface area contributed by atoms with E-state index < -0.39 is 0 Å². The fourth-order valence-electron chi connectivity index (χ4n) is 3.80. The molecule has 0 radical (unpaired) electrons. The number of nitrogens with one attached hydrogen (secondary N) is 2.